The summed E-state index contributed by atoms with van der Waals surface area (Å²) in [5.74, 6) is 1.74. The summed E-state index contributed by atoms with van der Waals surface area (Å²) in [5.41, 5.74) is 8.13. The Balaban J connectivity index is 2.48. The SMILES string of the molecule is C=CCn1c(CCC)nc(-c2ccc(Br)cc2)c1N. The molecule has 0 aliphatic rings. The van der Waals surface area contributed by atoms with E-state index in [-0.39, 0.29) is 0 Å². The van der Waals surface area contributed by atoms with Crippen LogP contribution in [0.2, 0.25) is 0 Å². The lowest BCUT2D eigenvalue weighted by Gasteiger charge is -2.06. The van der Waals surface area contributed by atoms with Gasteiger partial charge in [0.05, 0.1) is 0 Å². The largest absolute Gasteiger partial charge is 0.383 e. The highest BCUT2D eigenvalue weighted by molar-refractivity contribution is 9.10. The lowest BCUT2D eigenvalue weighted by Crippen LogP contribution is -2.05. The van der Waals surface area contributed by atoms with Crippen molar-refractivity contribution in [2.24, 2.45) is 0 Å². The van der Waals surface area contributed by atoms with Gasteiger partial charge >= 0.3 is 0 Å². The predicted octanol–water partition coefficient (Wildman–Crippen LogP) is 4.03. The highest BCUT2D eigenvalue weighted by atomic mass is 79.9. The van der Waals surface area contributed by atoms with Gasteiger partial charge in [0, 0.05) is 23.0 Å². The van der Waals surface area contributed by atoms with Crippen molar-refractivity contribution in [3.05, 3.63) is 47.2 Å². The van der Waals surface area contributed by atoms with Crippen molar-refractivity contribution >= 4 is 21.7 Å². The molecule has 2 N–H and O–H groups in total. The minimum atomic E-state index is 0.699. The van der Waals surface area contributed by atoms with Crippen molar-refractivity contribution in [2.75, 3.05) is 5.73 Å². The first kappa shape index (κ1) is 13.9. The third-order valence-electron chi connectivity index (χ3n) is 2.99. The lowest BCUT2D eigenvalue weighted by molar-refractivity contribution is 0.724. The molecule has 2 rings (SSSR count). The molecular formula is C15H18BrN3. The average molecular weight is 320 g/mol. The second-order valence-electron chi connectivity index (χ2n) is 4.42. The van der Waals surface area contributed by atoms with Gasteiger partial charge in [-0.25, -0.2) is 4.98 Å². The van der Waals surface area contributed by atoms with Crippen LogP contribution in [0.15, 0.2) is 41.4 Å². The first-order valence-electron chi connectivity index (χ1n) is 6.39. The first-order chi connectivity index (χ1) is 9.17. The summed E-state index contributed by atoms with van der Waals surface area (Å²) in [6, 6.07) is 8.05. The molecule has 4 heteroatoms. The molecule has 0 saturated carbocycles. The molecule has 1 aromatic carbocycles. The number of imidazole rings is 1. The van der Waals surface area contributed by atoms with Crippen LogP contribution in [0.25, 0.3) is 11.3 Å². The minimum Gasteiger partial charge on any atom is -0.383 e. The molecule has 1 heterocycles. The fourth-order valence-electron chi connectivity index (χ4n) is 2.08. The number of allylic oxidation sites excluding steroid dienone is 1. The number of benzene rings is 1. The molecule has 3 nitrogen and oxygen atoms in total. The number of hydrogen-bond donors (Lipinski definition) is 1. The van der Waals surface area contributed by atoms with E-state index in [1.165, 1.54) is 0 Å². The van der Waals surface area contributed by atoms with Gasteiger partial charge < -0.3 is 10.3 Å². The van der Waals surface area contributed by atoms with E-state index < -0.39 is 0 Å². The summed E-state index contributed by atoms with van der Waals surface area (Å²) in [6.07, 6.45) is 3.82. The number of aromatic nitrogens is 2. The summed E-state index contributed by atoms with van der Waals surface area (Å²) in [5, 5.41) is 0. The third-order valence-corrected chi connectivity index (χ3v) is 3.52. The number of halogens is 1. The molecule has 0 bridgehead atoms. The normalized spacial score (nSPS) is 10.6. The second-order valence-corrected chi connectivity index (χ2v) is 5.33. The molecule has 100 valence electrons. The average Bonchev–Trinajstić information content (AvgIpc) is 2.70. The molecule has 0 unspecified atom stereocenters. The van der Waals surface area contributed by atoms with E-state index in [0.29, 0.717) is 12.4 Å². The van der Waals surface area contributed by atoms with Gasteiger partial charge in [0.2, 0.25) is 0 Å². The maximum atomic E-state index is 6.23. The Morgan fingerprint density at radius 1 is 1.37 bits per heavy atom. The number of hydrogen-bond acceptors (Lipinski definition) is 2. The number of anilines is 1. The molecule has 0 radical (unpaired) electrons. The molecule has 0 aliphatic carbocycles. The van der Waals surface area contributed by atoms with Crippen molar-refractivity contribution in [3.63, 3.8) is 0 Å². The van der Waals surface area contributed by atoms with Gasteiger partial charge in [-0.15, -0.1) is 6.58 Å². The zero-order valence-electron chi connectivity index (χ0n) is 11.1. The van der Waals surface area contributed by atoms with Gasteiger partial charge in [-0.2, -0.15) is 0 Å². The minimum absolute atomic E-state index is 0.699. The topological polar surface area (TPSA) is 43.8 Å². The Kier molecular flexibility index (Phi) is 4.43. The van der Waals surface area contributed by atoms with Gasteiger partial charge in [0.1, 0.15) is 17.3 Å². The molecule has 0 aliphatic heterocycles. The Bertz CT molecular complexity index is 570. The molecule has 19 heavy (non-hydrogen) atoms. The molecule has 0 amide bonds. The van der Waals surface area contributed by atoms with Crippen LogP contribution in [0, 0.1) is 0 Å². The Morgan fingerprint density at radius 3 is 2.63 bits per heavy atom. The van der Waals surface area contributed by atoms with Crippen LogP contribution in [0.5, 0.6) is 0 Å². The van der Waals surface area contributed by atoms with Crippen LogP contribution in [0.4, 0.5) is 5.82 Å². The van der Waals surface area contributed by atoms with E-state index >= 15 is 0 Å². The van der Waals surface area contributed by atoms with E-state index in [1.807, 2.05) is 34.9 Å². The fourth-order valence-corrected chi connectivity index (χ4v) is 2.35. The highest BCUT2D eigenvalue weighted by Gasteiger charge is 2.14. The van der Waals surface area contributed by atoms with E-state index in [4.69, 9.17) is 10.7 Å². The summed E-state index contributed by atoms with van der Waals surface area (Å²) in [6.45, 7) is 6.62. The molecule has 0 atom stereocenters. The fraction of sp³-hybridized carbons (Fsp3) is 0.267. The van der Waals surface area contributed by atoms with Crippen molar-refractivity contribution in [3.8, 4) is 11.3 Å². The van der Waals surface area contributed by atoms with Crippen molar-refractivity contribution in [2.45, 2.75) is 26.3 Å². The Morgan fingerprint density at radius 2 is 2.05 bits per heavy atom. The van der Waals surface area contributed by atoms with E-state index in [0.717, 1.165) is 34.4 Å². The maximum absolute atomic E-state index is 6.23. The van der Waals surface area contributed by atoms with Crippen LogP contribution in [-0.4, -0.2) is 9.55 Å². The maximum Gasteiger partial charge on any atom is 0.132 e. The Hall–Kier alpha value is -1.55. The van der Waals surface area contributed by atoms with Crippen LogP contribution in [0.3, 0.4) is 0 Å². The quantitative estimate of drug-likeness (QED) is 0.845. The monoisotopic (exact) mass is 319 g/mol. The smallest absolute Gasteiger partial charge is 0.132 e. The zero-order valence-corrected chi connectivity index (χ0v) is 12.7. The second kappa shape index (κ2) is 6.06. The van der Waals surface area contributed by atoms with E-state index in [9.17, 15) is 0 Å². The van der Waals surface area contributed by atoms with Gasteiger partial charge in [0.25, 0.3) is 0 Å². The molecule has 0 spiro atoms. The molecule has 2 aromatic rings. The molecule has 1 aromatic heterocycles. The van der Waals surface area contributed by atoms with Crippen molar-refractivity contribution in [1.82, 2.24) is 9.55 Å². The number of aryl methyl sites for hydroxylation is 1. The lowest BCUT2D eigenvalue weighted by atomic mass is 10.1. The van der Waals surface area contributed by atoms with Crippen LogP contribution >= 0.6 is 15.9 Å². The van der Waals surface area contributed by atoms with E-state index in [1.54, 1.807) is 0 Å². The number of nitrogens with two attached hydrogens (primary N) is 1. The molecule has 0 saturated heterocycles. The van der Waals surface area contributed by atoms with Crippen LogP contribution in [-0.2, 0) is 13.0 Å². The summed E-state index contributed by atoms with van der Waals surface area (Å²) >= 11 is 3.44. The van der Waals surface area contributed by atoms with Crippen LogP contribution in [0.1, 0.15) is 19.2 Å². The van der Waals surface area contributed by atoms with Gasteiger partial charge in [-0.3, -0.25) is 0 Å². The molecular weight excluding hydrogens is 302 g/mol. The van der Waals surface area contributed by atoms with E-state index in [2.05, 4.69) is 29.4 Å². The number of nitrogens with zero attached hydrogens (tertiary/aromatic N) is 2. The zero-order chi connectivity index (χ0) is 13.8. The third kappa shape index (κ3) is 2.89. The number of nitrogen functional groups attached to an aromatic ring is 1. The predicted molar refractivity (Wildman–Crippen MR) is 84.0 cm³/mol. The van der Waals surface area contributed by atoms with Crippen molar-refractivity contribution < 1.29 is 0 Å². The first-order valence-corrected chi connectivity index (χ1v) is 7.18. The Labute approximate surface area is 122 Å². The standard InChI is InChI=1S/C15H18BrN3/c1-3-5-13-18-14(15(17)19(13)10-4-2)11-6-8-12(16)9-7-11/h4,6-9H,2-3,5,10,17H2,1H3. The number of rotatable bonds is 5. The van der Waals surface area contributed by atoms with Gasteiger partial charge in [0.15, 0.2) is 0 Å². The summed E-state index contributed by atoms with van der Waals surface area (Å²) < 4.78 is 3.09. The summed E-state index contributed by atoms with van der Waals surface area (Å²) in [4.78, 5) is 4.69. The molecule has 0 fully saturated rings. The van der Waals surface area contributed by atoms with Gasteiger partial charge in [-0.05, 0) is 18.6 Å². The van der Waals surface area contributed by atoms with Crippen molar-refractivity contribution in [1.29, 1.82) is 0 Å². The highest BCUT2D eigenvalue weighted by Crippen LogP contribution is 2.28. The van der Waals surface area contributed by atoms with Crippen LogP contribution < -0.4 is 5.73 Å². The summed E-state index contributed by atoms with van der Waals surface area (Å²) in [7, 11) is 0. The van der Waals surface area contributed by atoms with Gasteiger partial charge in [-0.1, -0.05) is 41.1 Å².